The van der Waals surface area contributed by atoms with E-state index in [1.165, 1.54) is 0 Å². The van der Waals surface area contributed by atoms with Crippen molar-refractivity contribution in [3.8, 4) is 6.01 Å². The van der Waals surface area contributed by atoms with Crippen LogP contribution in [0.4, 0.5) is 17.1 Å². The fraction of sp³-hybridized carbons (Fsp3) is 0.577. The molecule has 8 nitrogen and oxygen atoms in total. The van der Waals surface area contributed by atoms with E-state index in [4.69, 9.17) is 14.2 Å². The molecule has 8 heteroatoms. The molecule has 186 valence electrons. The Kier molecular flexibility index (Phi) is 9.10. The van der Waals surface area contributed by atoms with Gasteiger partial charge in [0.25, 0.3) is 0 Å². The molecule has 3 rings (SSSR count). The van der Waals surface area contributed by atoms with Crippen LogP contribution in [0, 0.1) is 0 Å². The first-order chi connectivity index (χ1) is 16.4. The van der Waals surface area contributed by atoms with E-state index in [0.717, 1.165) is 55.2 Å². The first-order valence-electron chi connectivity index (χ1n) is 12.2. The Morgan fingerprint density at radius 1 is 1.15 bits per heavy atom. The largest absolute Gasteiger partial charge is 0.466 e. The third-order valence-electron chi connectivity index (χ3n) is 6.13. The smallest absolute Gasteiger partial charge is 0.316 e. The average molecular weight is 471 g/mol. The predicted molar refractivity (Wildman–Crippen MR) is 134 cm³/mol. The summed E-state index contributed by atoms with van der Waals surface area (Å²) in [5.74, 6) is -0.191. The Morgan fingerprint density at radius 2 is 1.85 bits per heavy atom. The van der Waals surface area contributed by atoms with Crippen LogP contribution in [0.25, 0.3) is 0 Å². The van der Waals surface area contributed by atoms with Crippen LogP contribution in [0.5, 0.6) is 6.01 Å². The van der Waals surface area contributed by atoms with Gasteiger partial charge in [0, 0.05) is 31.2 Å². The lowest BCUT2D eigenvalue weighted by Crippen LogP contribution is -2.39. The predicted octanol–water partition coefficient (Wildman–Crippen LogP) is 4.86. The average Bonchev–Trinajstić information content (AvgIpc) is 2.82. The van der Waals surface area contributed by atoms with E-state index >= 15 is 0 Å². The second kappa shape index (κ2) is 12.0. The van der Waals surface area contributed by atoms with Crippen molar-refractivity contribution in [3.63, 3.8) is 0 Å². The van der Waals surface area contributed by atoms with E-state index in [1.807, 2.05) is 13.8 Å². The number of hydrogen-bond donors (Lipinski definition) is 1. The Balaban J connectivity index is 1.96. The van der Waals surface area contributed by atoms with Gasteiger partial charge < -0.3 is 24.4 Å². The van der Waals surface area contributed by atoms with E-state index in [1.54, 1.807) is 12.4 Å². The molecule has 0 unspecified atom stereocenters. The Morgan fingerprint density at radius 3 is 2.47 bits per heavy atom. The summed E-state index contributed by atoms with van der Waals surface area (Å²) in [5, 5.41) is 3.52. The van der Waals surface area contributed by atoms with E-state index in [2.05, 4.69) is 59.2 Å². The van der Waals surface area contributed by atoms with Crippen LogP contribution < -0.4 is 15.0 Å². The number of carbonyl (C=O) groups excluding carboxylic acids is 1. The zero-order valence-electron chi connectivity index (χ0n) is 21.1. The normalized spacial score (nSPS) is 14.5. The molecule has 2 aromatic rings. The molecular weight excluding hydrogens is 432 g/mol. The summed E-state index contributed by atoms with van der Waals surface area (Å²) in [4.78, 5) is 23.3. The number of benzene rings is 1. The molecule has 0 spiro atoms. The SMILES string of the molecule is CCOC(=O)CC(C)(C)c1ccc(N(CC)C2CCOCC2)c(Nc2cnc(OCC)nc2)c1. The van der Waals surface area contributed by atoms with Crippen LogP contribution in [0.15, 0.2) is 30.6 Å². The molecule has 34 heavy (non-hydrogen) atoms. The van der Waals surface area contributed by atoms with Gasteiger partial charge in [-0.25, -0.2) is 9.97 Å². The Hall–Kier alpha value is -2.87. The number of esters is 1. The molecule has 0 atom stereocenters. The fourth-order valence-electron chi connectivity index (χ4n) is 4.34. The van der Waals surface area contributed by atoms with Crippen molar-refractivity contribution in [1.82, 2.24) is 9.97 Å². The molecule has 0 radical (unpaired) electrons. The molecule has 0 bridgehead atoms. The monoisotopic (exact) mass is 470 g/mol. The molecule has 1 aliphatic heterocycles. The van der Waals surface area contributed by atoms with Crippen molar-refractivity contribution < 1.29 is 19.0 Å². The van der Waals surface area contributed by atoms with E-state index in [0.29, 0.717) is 31.7 Å². The van der Waals surface area contributed by atoms with Crippen molar-refractivity contribution in [2.75, 3.05) is 43.2 Å². The van der Waals surface area contributed by atoms with Gasteiger partial charge in [-0.2, -0.15) is 0 Å². The lowest BCUT2D eigenvalue weighted by Gasteiger charge is -2.37. The maximum atomic E-state index is 12.2. The molecule has 1 fully saturated rings. The minimum atomic E-state index is -0.383. The third-order valence-corrected chi connectivity index (χ3v) is 6.13. The topological polar surface area (TPSA) is 85.8 Å². The Bertz CT molecular complexity index is 927. The van der Waals surface area contributed by atoms with E-state index in [9.17, 15) is 4.79 Å². The summed E-state index contributed by atoms with van der Waals surface area (Å²) in [6.45, 7) is 13.4. The molecule has 0 saturated carbocycles. The number of rotatable bonds is 11. The Labute approximate surface area is 203 Å². The van der Waals surface area contributed by atoms with Crippen LogP contribution in [0.2, 0.25) is 0 Å². The molecule has 1 aliphatic rings. The minimum absolute atomic E-state index is 0.191. The highest BCUT2D eigenvalue weighted by Gasteiger charge is 2.28. The van der Waals surface area contributed by atoms with E-state index < -0.39 is 0 Å². The number of hydrogen-bond acceptors (Lipinski definition) is 8. The van der Waals surface area contributed by atoms with Crippen LogP contribution in [0.1, 0.15) is 59.4 Å². The summed E-state index contributed by atoms with van der Waals surface area (Å²) in [6.07, 6.45) is 5.75. The molecule has 1 saturated heterocycles. The summed E-state index contributed by atoms with van der Waals surface area (Å²) >= 11 is 0. The zero-order chi connectivity index (χ0) is 24.6. The van der Waals surface area contributed by atoms with Crippen molar-refractivity contribution in [1.29, 1.82) is 0 Å². The lowest BCUT2D eigenvalue weighted by atomic mass is 9.81. The summed E-state index contributed by atoms with van der Waals surface area (Å²) in [5.41, 5.74) is 3.51. The standard InChI is InChI=1S/C26H38N4O4/c1-6-30(21-11-13-32-14-12-21)23-10-9-19(26(4,5)16-24(31)33-7-2)15-22(23)29-20-17-27-25(28-18-20)34-8-3/h9-10,15,17-18,21,29H,6-8,11-14,16H2,1-5H3. The molecule has 0 amide bonds. The van der Waals surface area contributed by atoms with Crippen molar-refractivity contribution in [2.45, 2.75) is 65.3 Å². The number of ether oxygens (including phenoxy) is 3. The van der Waals surface area contributed by atoms with Crippen molar-refractivity contribution in [3.05, 3.63) is 36.2 Å². The highest BCUT2D eigenvalue weighted by Crippen LogP contribution is 2.37. The van der Waals surface area contributed by atoms with Gasteiger partial charge in [0.15, 0.2) is 0 Å². The minimum Gasteiger partial charge on any atom is -0.466 e. The van der Waals surface area contributed by atoms with Gasteiger partial charge in [0.2, 0.25) is 0 Å². The lowest BCUT2D eigenvalue weighted by molar-refractivity contribution is -0.144. The third kappa shape index (κ3) is 6.59. The highest BCUT2D eigenvalue weighted by atomic mass is 16.5. The van der Waals surface area contributed by atoms with Crippen LogP contribution >= 0.6 is 0 Å². The zero-order valence-corrected chi connectivity index (χ0v) is 21.1. The van der Waals surface area contributed by atoms with Crippen molar-refractivity contribution >= 4 is 23.0 Å². The van der Waals surface area contributed by atoms with Gasteiger partial charge in [-0.15, -0.1) is 0 Å². The molecule has 1 aromatic heterocycles. The summed E-state index contributed by atoms with van der Waals surface area (Å²) in [7, 11) is 0. The molecule has 0 aliphatic carbocycles. The highest BCUT2D eigenvalue weighted by molar-refractivity contribution is 5.77. The van der Waals surface area contributed by atoms with Crippen molar-refractivity contribution in [2.24, 2.45) is 0 Å². The molecule has 2 heterocycles. The van der Waals surface area contributed by atoms with Crippen LogP contribution in [-0.2, 0) is 19.7 Å². The number of carbonyl (C=O) groups is 1. The van der Waals surface area contributed by atoms with Gasteiger partial charge in [-0.3, -0.25) is 4.79 Å². The molecular formula is C26H38N4O4. The quantitative estimate of drug-likeness (QED) is 0.466. The summed E-state index contributed by atoms with van der Waals surface area (Å²) in [6, 6.07) is 7.17. The van der Waals surface area contributed by atoms with Gasteiger partial charge in [-0.05, 0) is 51.3 Å². The van der Waals surface area contributed by atoms with E-state index in [-0.39, 0.29) is 11.4 Å². The number of nitrogens with zero attached hydrogens (tertiary/aromatic N) is 3. The van der Waals surface area contributed by atoms with Gasteiger partial charge >= 0.3 is 12.0 Å². The van der Waals surface area contributed by atoms with Crippen LogP contribution in [-0.4, -0.2) is 55.0 Å². The fourth-order valence-corrected chi connectivity index (χ4v) is 4.34. The number of aromatic nitrogens is 2. The van der Waals surface area contributed by atoms with Crippen LogP contribution in [0.3, 0.4) is 0 Å². The maximum Gasteiger partial charge on any atom is 0.316 e. The number of nitrogens with one attached hydrogen (secondary N) is 1. The second-order valence-corrected chi connectivity index (χ2v) is 9.04. The molecule has 1 N–H and O–H groups in total. The van der Waals surface area contributed by atoms with Gasteiger partial charge in [0.05, 0.1) is 49.1 Å². The molecule has 1 aromatic carbocycles. The first kappa shape index (κ1) is 25.7. The van der Waals surface area contributed by atoms with Gasteiger partial charge in [0.1, 0.15) is 0 Å². The first-order valence-corrected chi connectivity index (χ1v) is 12.2. The van der Waals surface area contributed by atoms with Gasteiger partial charge in [-0.1, -0.05) is 19.9 Å². The second-order valence-electron chi connectivity index (χ2n) is 9.04. The summed E-state index contributed by atoms with van der Waals surface area (Å²) < 4.78 is 16.2. The number of anilines is 3. The maximum absolute atomic E-state index is 12.2.